The minimum atomic E-state index is -0.369. The van der Waals surface area contributed by atoms with Crippen LogP contribution in [0.5, 0.6) is 0 Å². The van der Waals surface area contributed by atoms with E-state index in [9.17, 15) is 10.1 Å². The average Bonchev–Trinajstić information content (AvgIpc) is 2.85. The first-order valence-corrected chi connectivity index (χ1v) is 5.42. The first kappa shape index (κ1) is 10.5. The monoisotopic (exact) mass is 239 g/mol. The van der Waals surface area contributed by atoms with Crippen LogP contribution >= 0.6 is 0 Å². The number of fused-ring (bicyclic) bond motifs is 1. The lowest BCUT2D eigenvalue weighted by atomic mass is 10.0. The lowest BCUT2D eigenvalue weighted by molar-refractivity contribution is -0.384. The van der Waals surface area contributed by atoms with E-state index in [2.05, 4.69) is 9.97 Å². The van der Waals surface area contributed by atoms with Crippen molar-refractivity contribution in [2.75, 3.05) is 0 Å². The van der Waals surface area contributed by atoms with Crippen molar-refractivity contribution in [1.82, 2.24) is 9.97 Å². The van der Waals surface area contributed by atoms with E-state index in [0.29, 0.717) is 5.56 Å². The van der Waals surface area contributed by atoms with Gasteiger partial charge in [0.25, 0.3) is 5.69 Å². The van der Waals surface area contributed by atoms with Gasteiger partial charge in [0.1, 0.15) is 0 Å². The second kappa shape index (κ2) is 3.96. The normalized spacial score (nSPS) is 10.7. The molecule has 1 N–H and O–H groups in total. The minimum Gasteiger partial charge on any atom is -0.345 e. The molecule has 0 bridgehead atoms. The topological polar surface area (TPSA) is 71.8 Å². The molecule has 1 heterocycles. The molecule has 0 aliphatic heterocycles. The number of nitro benzene ring substituents is 1. The highest BCUT2D eigenvalue weighted by Crippen LogP contribution is 2.30. The van der Waals surface area contributed by atoms with Crippen LogP contribution in [0, 0.1) is 10.1 Å². The highest BCUT2D eigenvalue weighted by atomic mass is 16.6. The third-order valence-electron chi connectivity index (χ3n) is 2.83. The minimum absolute atomic E-state index is 0.108. The molecule has 0 saturated carbocycles. The Morgan fingerprint density at radius 1 is 1.17 bits per heavy atom. The maximum absolute atomic E-state index is 11.0. The molecule has 0 unspecified atom stereocenters. The zero-order chi connectivity index (χ0) is 12.5. The van der Waals surface area contributed by atoms with Crippen LogP contribution < -0.4 is 0 Å². The molecule has 5 nitrogen and oxygen atoms in total. The van der Waals surface area contributed by atoms with Gasteiger partial charge in [-0.25, -0.2) is 4.98 Å². The molecule has 3 rings (SSSR count). The first-order valence-electron chi connectivity index (χ1n) is 5.42. The molecule has 5 heteroatoms. The zero-order valence-corrected chi connectivity index (χ0v) is 9.33. The number of para-hydroxylation sites is 1. The van der Waals surface area contributed by atoms with E-state index in [1.54, 1.807) is 24.5 Å². The number of hydrogen-bond acceptors (Lipinski definition) is 3. The fourth-order valence-corrected chi connectivity index (χ4v) is 1.98. The van der Waals surface area contributed by atoms with Gasteiger partial charge in [0.2, 0.25) is 0 Å². The molecule has 0 aliphatic rings. The predicted molar refractivity (Wildman–Crippen MR) is 68.2 cm³/mol. The fraction of sp³-hybridized carbons (Fsp3) is 0. The van der Waals surface area contributed by atoms with Gasteiger partial charge in [0, 0.05) is 6.07 Å². The third kappa shape index (κ3) is 1.62. The smallest absolute Gasteiger partial charge is 0.277 e. The van der Waals surface area contributed by atoms with Crippen molar-refractivity contribution in [3.8, 4) is 11.1 Å². The van der Waals surface area contributed by atoms with Crippen LogP contribution in [0.2, 0.25) is 0 Å². The maximum Gasteiger partial charge on any atom is 0.277 e. The van der Waals surface area contributed by atoms with Crippen LogP contribution in [0.3, 0.4) is 0 Å². The van der Waals surface area contributed by atoms with Gasteiger partial charge in [0.15, 0.2) is 0 Å². The number of imidazole rings is 1. The van der Waals surface area contributed by atoms with E-state index >= 15 is 0 Å². The lowest BCUT2D eigenvalue weighted by Gasteiger charge is -2.02. The van der Waals surface area contributed by atoms with Gasteiger partial charge in [-0.1, -0.05) is 18.2 Å². The number of aromatic nitrogens is 2. The summed E-state index contributed by atoms with van der Waals surface area (Å²) in [5, 5.41) is 11.0. The fourth-order valence-electron chi connectivity index (χ4n) is 1.98. The van der Waals surface area contributed by atoms with E-state index in [-0.39, 0.29) is 10.6 Å². The lowest BCUT2D eigenvalue weighted by Crippen LogP contribution is -1.91. The Labute approximate surface area is 102 Å². The number of H-pyrrole nitrogens is 1. The Hall–Kier alpha value is -2.69. The van der Waals surface area contributed by atoms with Crippen LogP contribution in [-0.2, 0) is 0 Å². The van der Waals surface area contributed by atoms with Gasteiger partial charge >= 0.3 is 0 Å². The Kier molecular flexibility index (Phi) is 2.30. The molecule has 2 aromatic carbocycles. The maximum atomic E-state index is 11.0. The number of nitrogens with one attached hydrogen (secondary N) is 1. The van der Waals surface area contributed by atoms with Gasteiger partial charge in [-0.05, 0) is 23.8 Å². The molecule has 0 saturated heterocycles. The van der Waals surface area contributed by atoms with Crippen LogP contribution in [0.4, 0.5) is 5.69 Å². The summed E-state index contributed by atoms with van der Waals surface area (Å²) in [6.45, 7) is 0. The summed E-state index contributed by atoms with van der Waals surface area (Å²) in [6.07, 6.45) is 1.61. The van der Waals surface area contributed by atoms with Gasteiger partial charge < -0.3 is 4.98 Å². The summed E-state index contributed by atoms with van der Waals surface area (Å²) in [7, 11) is 0. The predicted octanol–water partition coefficient (Wildman–Crippen LogP) is 3.14. The molecule has 0 fully saturated rings. The van der Waals surface area contributed by atoms with Crippen LogP contribution in [0.25, 0.3) is 22.2 Å². The van der Waals surface area contributed by atoms with Crippen molar-refractivity contribution in [1.29, 1.82) is 0 Å². The molecule has 0 spiro atoms. The van der Waals surface area contributed by atoms with E-state index in [1.807, 2.05) is 18.2 Å². The Balaban J connectivity index is 2.22. The number of nitro groups is 1. The molecule has 3 aromatic rings. The molecule has 0 aliphatic carbocycles. The van der Waals surface area contributed by atoms with E-state index in [0.717, 1.165) is 16.6 Å². The third-order valence-corrected chi connectivity index (χ3v) is 2.83. The Bertz CT molecular complexity index is 734. The van der Waals surface area contributed by atoms with Crippen LogP contribution in [0.15, 0.2) is 48.8 Å². The first-order chi connectivity index (χ1) is 8.75. The zero-order valence-electron chi connectivity index (χ0n) is 9.33. The molecule has 0 atom stereocenters. The standard InChI is InChI=1S/C13H9N3O2/c17-16(18)13-4-2-1-3-10(13)9-5-6-11-12(7-9)15-8-14-11/h1-8H,(H,14,15). The van der Waals surface area contributed by atoms with E-state index in [4.69, 9.17) is 0 Å². The molecular formula is C13H9N3O2. The highest BCUT2D eigenvalue weighted by molar-refractivity contribution is 5.84. The van der Waals surface area contributed by atoms with Crippen molar-refractivity contribution in [2.24, 2.45) is 0 Å². The molecule has 0 radical (unpaired) electrons. The average molecular weight is 239 g/mol. The number of nitrogens with zero attached hydrogens (tertiary/aromatic N) is 2. The summed E-state index contributed by atoms with van der Waals surface area (Å²) >= 11 is 0. The van der Waals surface area contributed by atoms with Crippen molar-refractivity contribution in [2.45, 2.75) is 0 Å². The van der Waals surface area contributed by atoms with Gasteiger partial charge in [0.05, 0.1) is 27.8 Å². The molecule has 0 amide bonds. The highest BCUT2D eigenvalue weighted by Gasteiger charge is 2.14. The Morgan fingerprint density at radius 2 is 2.00 bits per heavy atom. The van der Waals surface area contributed by atoms with Gasteiger partial charge in [-0.3, -0.25) is 10.1 Å². The van der Waals surface area contributed by atoms with E-state index in [1.165, 1.54) is 6.07 Å². The van der Waals surface area contributed by atoms with Crippen molar-refractivity contribution in [3.05, 3.63) is 58.9 Å². The summed E-state index contributed by atoms with van der Waals surface area (Å²) in [5.74, 6) is 0. The number of benzene rings is 2. The number of hydrogen-bond donors (Lipinski definition) is 1. The Morgan fingerprint density at radius 3 is 2.83 bits per heavy atom. The van der Waals surface area contributed by atoms with Crippen molar-refractivity contribution in [3.63, 3.8) is 0 Å². The largest absolute Gasteiger partial charge is 0.345 e. The number of rotatable bonds is 2. The number of aromatic amines is 1. The van der Waals surface area contributed by atoms with Crippen molar-refractivity contribution < 1.29 is 4.92 Å². The summed E-state index contributed by atoms with van der Waals surface area (Å²) < 4.78 is 0. The van der Waals surface area contributed by atoms with Crippen LogP contribution in [0.1, 0.15) is 0 Å². The molecule has 88 valence electrons. The van der Waals surface area contributed by atoms with Crippen LogP contribution in [-0.4, -0.2) is 14.9 Å². The summed E-state index contributed by atoms with van der Waals surface area (Å²) in [4.78, 5) is 17.7. The quantitative estimate of drug-likeness (QED) is 0.551. The van der Waals surface area contributed by atoms with E-state index < -0.39 is 0 Å². The second-order valence-electron chi connectivity index (χ2n) is 3.91. The van der Waals surface area contributed by atoms with Crippen molar-refractivity contribution >= 4 is 16.7 Å². The molecule has 18 heavy (non-hydrogen) atoms. The summed E-state index contributed by atoms with van der Waals surface area (Å²) in [6, 6.07) is 12.3. The molecular weight excluding hydrogens is 230 g/mol. The van der Waals surface area contributed by atoms with Gasteiger partial charge in [-0.15, -0.1) is 0 Å². The SMILES string of the molecule is O=[N+]([O-])c1ccccc1-c1ccc2nc[nH]c2c1. The second-order valence-corrected chi connectivity index (χ2v) is 3.91. The summed E-state index contributed by atoms with van der Waals surface area (Å²) in [5.41, 5.74) is 3.23. The van der Waals surface area contributed by atoms with Gasteiger partial charge in [-0.2, -0.15) is 0 Å². The molecule has 1 aromatic heterocycles.